The Labute approximate surface area is 382 Å². The summed E-state index contributed by atoms with van der Waals surface area (Å²) < 4.78 is -0.654. The van der Waals surface area contributed by atoms with Crippen molar-refractivity contribution in [3.05, 3.63) is 60.2 Å². The molecule has 6 rings (SSSR count). The molecule has 64 heavy (non-hydrogen) atoms. The second-order valence-electron chi connectivity index (χ2n) is 20.2. The molecule has 4 aromatic rings. The molecule has 1 unspecified atom stereocenters. The van der Waals surface area contributed by atoms with E-state index in [9.17, 15) is 28.8 Å². The van der Waals surface area contributed by atoms with Crippen molar-refractivity contribution in [3.63, 3.8) is 0 Å². The highest BCUT2D eigenvalue weighted by molar-refractivity contribution is 8.01. The van der Waals surface area contributed by atoms with Gasteiger partial charge in [0.25, 0.3) is 0 Å². The maximum absolute atomic E-state index is 14.8. The Morgan fingerprint density at radius 2 is 0.984 bits per heavy atom. The number of hydrogen-bond acceptors (Lipinski definition) is 8. The fraction of sp³-hybridized carbons (Fsp3) is 0.560. The Balaban J connectivity index is 1.43. The van der Waals surface area contributed by atoms with Crippen molar-refractivity contribution in [2.45, 2.75) is 148 Å². The molecular weight excluding hydrogens is 827 g/mol. The molecule has 2 heterocycles. The van der Waals surface area contributed by atoms with Crippen molar-refractivity contribution in [2.24, 2.45) is 29.6 Å². The van der Waals surface area contributed by atoms with Crippen molar-refractivity contribution in [2.75, 3.05) is 0 Å². The minimum absolute atomic E-state index is 0.0442. The van der Waals surface area contributed by atoms with Gasteiger partial charge in [0.05, 0.1) is 11.4 Å². The second-order valence-corrected chi connectivity index (χ2v) is 22.0. The van der Waals surface area contributed by atoms with Crippen LogP contribution >= 0.6 is 11.8 Å². The third-order valence-corrected chi connectivity index (χ3v) is 14.4. The first-order valence-corrected chi connectivity index (χ1v) is 23.9. The first kappa shape index (κ1) is 48.5. The zero-order valence-corrected chi connectivity index (χ0v) is 40.3. The van der Waals surface area contributed by atoms with Gasteiger partial charge < -0.3 is 31.9 Å². The van der Waals surface area contributed by atoms with Crippen LogP contribution < -0.4 is 37.2 Å². The second kappa shape index (κ2) is 19.7. The fourth-order valence-electron chi connectivity index (χ4n) is 9.19. The Morgan fingerprint density at radius 1 is 0.516 bits per heavy atom. The highest BCUT2D eigenvalue weighted by atomic mass is 32.2. The molecule has 14 heteroatoms. The van der Waals surface area contributed by atoms with Gasteiger partial charge in [0.2, 0.25) is 35.4 Å². The lowest BCUT2D eigenvalue weighted by molar-refractivity contribution is -0.136. The summed E-state index contributed by atoms with van der Waals surface area (Å²) in [5.41, 5.74) is 0.825. The molecule has 0 spiro atoms. The van der Waals surface area contributed by atoms with E-state index in [1.165, 1.54) is 11.8 Å². The third kappa shape index (κ3) is 10.4. The number of benzene rings is 4. The van der Waals surface area contributed by atoms with Gasteiger partial charge in [-0.05, 0) is 87.7 Å². The predicted molar refractivity (Wildman–Crippen MR) is 257 cm³/mol. The summed E-state index contributed by atoms with van der Waals surface area (Å²) in [5.74, 6) is -4.15. The Kier molecular flexibility index (Phi) is 14.9. The maximum Gasteiger partial charge on any atom is 0.243 e. The van der Waals surface area contributed by atoms with Crippen molar-refractivity contribution in [1.29, 1.82) is 0 Å². The van der Waals surface area contributed by atoms with E-state index in [2.05, 4.69) is 73.6 Å². The zero-order chi connectivity index (χ0) is 46.9. The number of hydrogen-bond donors (Lipinski definition) is 7. The van der Waals surface area contributed by atoms with Crippen LogP contribution in [0.25, 0.3) is 32.3 Å². The largest absolute Gasteiger partial charge is 0.349 e. The van der Waals surface area contributed by atoms with Gasteiger partial charge in [-0.2, -0.15) is 0 Å². The van der Waals surface area contributed by atoms with Gasteiger partial charge in [0.1, 0.15) is 36.3 Å². The molecule has 7 N–H and O–H groups in total. The summed E-state index contributed by atoms with van der Waals surface area (Å²) in [6, 6.07) is 12.1. The van der Waals surface area contributed by atoms with Gasteiger partial charge >= 0.3 is 0 Å². The maximum atomic E-state index is 14.8. The van der Waals surface area contributed by atoms with Gasteiger partial charge in [0, 0.05) is 11.2 Å². The molecule has 2 saturated heterocycles. The summed E-state index contributed by atoms with van der Waals surface area (Å²) in [4.78, 5) is 86.4. The van der Waals surface area contributed by atoms with Crippen LogP contribution in [0.15, 0.2) is 54.6 Å². The van der Waals surface area contributed by atoms with E-state index < -0.39 is 76.0 Å². The molecule has 8 atom stereocenters. The number of carbonyl (C=O) groups excluding carboxylic acids is 6. The molecule has 0 radical (unpaired) electrons. The van der Waals surface area contributed by atoms with E-state index >= 15 is 0 Å². The van der Waals surface area contributed by atoms with Crippen LogP contribution in [0.3, 0.4) is 0 Å². The average molecular weight is 896 g/mol. The summed E-state index contributed by atoms with van der Waals surface area (Å²) in [5, 5.41) is 27.5. The molecule has 2 aliphatic rings. The molecule has 4 aromatic carbocycles. The highest BCUT2D eigenvalue weighted by Gasteiger charge is 2.49. The SMILES string of the molecule is CC(C)C[C@H]1NC(=O)[C@H](Cc2ccc3ccc4cccc5ccc2c3c45)NC(=O)[C@@H](C(C)C)NC(=O)[C@H]2NC(SC2(C)C)[C@H](C(C)C)NC(=O)[C@@H](C(C)C)NC(=O)[C@H](C(C)C)NC1=O. The van der Waals surface area contributed by atoms with Crippen LogP contribution in [0.5, 0.6) is 0 Å². The number of nitrogens with one attached hydrogen (secondary N) is 7. The normalized spacial score (nSPS) is 27.0. The highest BCUT2D eigenvalue weighted by Crippen LogP contribution is 2.41. The van der Waals surface area contributed by atoms with Crippen LogP contribution in [-0.2, 0) is 35.2 Å². The zero-order valence-electron chi connectivity index (χ0n) is 39.5. The molecule has 2 bridgehead atoms. The van der Waals surface area contributed by atoms with Crippen LogP contribution in [0.2, 0.25) is 0 Å². The number of thioether (sulfide) groups is 1. The molecule has 0 saturated carbocycles. The van der Waals surface area contributed by atoms with Crippen molar-refractivity contribution in [1.82, 2.24) is 37.2 Å². The Morgan fingerprint density at radius 3 is 1.55 bits per heavy atom. The van der Waals surface area contributed by atoms with E-state index in [-0.39, 0.29) is 54.2 Å². The van der Waals surface area contributed by atoms with Crippen molar-refractivity contribution >= 4 is 79.5 Å². The van der Waals surface area contributed by atoms with Crippen molar-refractivity contribution < 1.29 is 28.8 Å². The smallest absolute Gasteiger partial charge is 0.243 e. The summed E-state index contributed by atoms with van der Waals surface area (Å²) in [7, 11) is 0. The number of fused-ring (bicyclic) bond motifs is 2. The number of rotatable bonds is 8. The van der Waals surface area contributed by atoms with E-state index in [0.717, 1.165) is 37.9 Å². The van der Waals surface area contributed by atoms with E-state index in [4.69, 9.17) is 0 Å². The Hall–Kier alpha value is -4.95. The van der Waals surface area contributed by atoms with E-state index in [1.54, 1.807) is 0 Å². The van der Waals surface area contributed by atoms with Crippen LogP contribution in [0.4, 0.5) is 0 Å². The standard InChI is InChI=1S/C50H69N7O6S/c1-24(2)22-34-44(59)53-39(26(5)6)46(61)54-40(27(7)8)47(62)56-41(28(9)10)49-57-42(50(11,12)64-49)48(63)55-38(25(3)4)45(60)52-35(43(58)51-34)23-32-19-18-31-17-16-29-14-13-15-30-20-21-33(32)37(31)36(29)30/h13-21,24-28,34-35,38-42,49,57H,22-23H2,1-12H3,(H,51,58)(H,52,60)(H,53,59)(H,54,61)(H,55,63)(H,56,62)/t34-,35+,38-,39+,40-,41+,42-,49?/m1/s1. The minimum atomic E-state index is -1.17. The molecule has 2 aliphatic heterocycles. The quantitative estimate of drug-likeness (QED) is 0.113. The Bertz CT molecular complexity index is 2360. The fourth-order valence-corrected chi connectivity index (χ4v) is 10.9. The number of carbonyl (C=O) groups is 6. The minimum Gasteiger partial charge on any atom is -0.349 e. The third-order valence-electron chi connectivity index (χ3n) is 12.8. The summed E-state index contributed by atoms with van der Waals surface area (Å²) in [6.45, 7) is 22.8. The van der Waals surface area contributed by atoms with Gasteiger partial charge in [-0.3, -0.25) is 34.1 Å². The summed E-state index contributed by atoms with van der Waals surface area (Å²) >= 11 is 1.53. The van der Waals surface area contributed by atoms with E-state index in [1.807, 2.05) is 101 Å². The predicted octanol–water partition coefficient (Wildman–Crippen LogP) is 5.53. The first-order chi connectivity index (χ1) is 30.1. The molecule has 0 aromatic heterocycles. The van der Waals surface area contributed by atoms with E-state index in [0.29, 0.717) is 0 Å². The summed E-state index contributed by atoms with van der Waals surface area (Å²) in [6.07, 6.45) is 0.326. The average Bonchev–Trinajstić information content (AvgIpc) is 3.54. The molecule has 6 amide bonds. The van der Waals surface area contributed by atoms with Crippen LogP contribution in [-0.4, -0.2) is 87.9 Å². The molecule has 2 fully saturated rings. The van der Waals surface area contributed by atoms with Gasteiger partial charge in [0.15, 0.2) is 0 Å². The van der Waals surface area contributed by atoms with Gasteiger partial charge in [-0.15, -0.1) is 11.8 Å². The molecule has 0 aliphatic carbocycles. The van der Waals surface area contributed by atoms with Crippen LogP contribution in [0.1, 0.15) is 95.1 Å². The van der Waals surface area contributed by atoms with Crippen LogP contribution in [0, 0.1) is 29.6 Å². The lowest BCUT2D eigenvalue weighted by atomic mass is 9.90. The molecular formula is C50H69N7O6S. The van der Waals surface area contributed by atoms with Gasteiger partial charge in [-0.25, -0.2) is 0 Å². The molecule has 13 nitrogen and oxygen atoms in total. The lowest BCUT2D eigenvalue weighted by Crippen LogP contribution is -2.61. The topological polar surface area (TPSA) is 187 Å². The lowest BCUT2D eigenvalue weighted by Gasteiger charge is -2.32. The van der Waals surface area contributed by atoms with Gasteiger partial charge in [-0.1, -0.05) is 124 Å². The monoisotopic (exact) mass is 896 g/mol. The van der Waals surface area contributed by atoms with Crippen molar-refractivity contribution in [3.8, 4) is 0 Å². The number of amides is 6. The first-order valence-electron chi connectivity index (χ1n) is 23.0. The molecule has 346 valence electrons.